The van der Waals surface area contributed by atoms with E-state index in [9.17, 15) is 14.4 Å². The standard InChI is InChI=1S/C63H112O6/c1-4-7-10-13-16-19-22-24-26-28-30-31-32-33-34-36-37-39-41-44-47-50-53-56-62(65)68-59-60(58-67-61(64)55-52-49-46-43-21-18-15-12-9-6-3)69-63(66)57-54-51-48-45-42-40-38-35-29-27-25-23-20-17-14-11-8-5-2/h12,15,22,24,27-30,32-33,60H,4-11,13-14,16-21,23,25-26,31,34-59H2,1-3H3/b15-12-,24-22-,29-27-,30-28-,33-32-. The second-order valence-electron chi connectivity index (χ2n) is 19.9. The summed E-state index contributed by atoms with van der Waals surface area (Å²) in [6, 6.07) is 0. The fourth-order valence-corrected chi connectivity index (χ4v) is 8.45. The van der Waals surface area contributed by atoms with E-state index in [-0.39, 0.29) is 31.1 Å². The van der Waals surface area contributed by atoms with Crippen LogP contribution in [0.1, 0.15) is 303 Å². The monoisotopic (exact) mass is 965 g/mol. The molecule has 400 valence electrons. The molecule has 1 atom stereocenters. The van der Waals surface area contributed by atoms with Crippen LogP contribution in [0, 0.1) is 0 Å². The fraction of sp³-hybridized carbons (Fsp3) is 0.794. The lowest BCUT2D eigenvalue weighted by atomic mass is 10.1. The second kappa shape index (κ2) is 57.7. The number of esters is 3. The average Bonchev–Trinajstić information content (AvgIpc) is 3.35. The Labute approximate surface area is 428 Å². The zero-order valence-electron chi connectivity index (χ0n) is 45.8. The highest BCUT2D eigenvalue weighted by Crippen LogP contribution is 2.15. The van der Waals surface area contributed by atoms with E-state index < -0.39 is 6.10 Å². The van der Waals surface area contributed by atoms with Gasteiger partial charge in [-0.15, -0.1) is 0 Å². The van der Waals surface area contributed by atoms with Gasteiger partial charge in [0.15, 0.2) is 6.10 Å². The number of ether oxygens (including phenoxy) is 3. The molecule has 6 heteroatoms. The van der Waals surface area contributed by atoms with Crippen molar-refractivity contribution in [1.82, 2.24) is 0 Å². The SMILES string of the molecule is CCC/C=C\CCCCCCCC(=O)OCC(COC(=O)CCCCCCCCCC/C=C\C/C=C\C/C=C\CCCCCCC)OC(=O)CCCCCCCCC/C=C\CCCCCCCCC. The first-order chi connectivity index (χ1) is 34.0. The second-order valence-corrected chi connectivity index (χ2v) is 19.9. The fourth-order valence-electron chi connectivity index (χ4n) is 8.45. The Hall–Kier alpha value is -2.89. The van der Waals surface area contributed by atoms with E-state index >= 15 is 0 Å². The number of hydrogen-bond donors (Lipinski definition) is 0. The maximum absolute atomic E-state index is 12.8. The van der Waals surface area contributed by atoms with Crippen molar-refractivity contribution in [3.05, 3.63) is 60.8 Å². The van der Waals surface area contributed by atoms with Crippen molar-refractivity contribution in [2.24, 2.45) is 0 Å². The summed E-state index contributed by atoms with van der Waals surface area (Å²) in [4.78, 5) is 38.1. The minimum Gasteiger partial charge on any atom is -0.462 e. The third-order valence-corrected chi connectivity index (χ3v) is 12.9. The smallest absolute Gasteiger partial charge is 0.306 e. The summed E-state index contributed by atoms with van der Waals surface area (Å²) < 4.78 is 16.8. The highest BCUT2D eigenvalue weighted by atomic mass is 16.6. The Balaban J connectivity index is 4.29. The molecule has 0 amide bonds. The minimum atomic E-state index is -0.782. The molecule has 0 bridgehead atoms. The van der Waals surface area contributed by atoms with Crippen molar-refractivity contribution in [3.8, 4) is 0 Å². The number of carbonyl (C=O) groups is 3. The molecule has 0 aromatic rings. The van der Waals surface area contributed by atoms with Crippen molar-refractivity contribution in [2.45, 2.75) is 309 Å². The van der Waals surface area contributed by atoms with Gasteiger partial charge < -0.3 is 14.2 Å². The molecule has 0 aliphatic carbocycles. The van der Waals surface area contributed by atoms with Crippen LogP contribution in [-0.4, -0.2) is 37.2 Å². The molecule has 69 heavy (non-hydrogen) atoms. The van der Waals surface area contributed by atoms with Gasteiger partial charge in [-0.25, -0.2) is 0 Å². The quantitative estimate of drug-likeness (QED) is 0.0262. The van der Waals surface area contributed by atoms with E-state index in [2.05, 4.69) is 81.5 Å². The highest BCUT2D eigenvalue weighted by Gasteiger charge is 2.19. The Morgan fingerprint density at radius 2 is 0.551 bits per heavy atom. The van der Waals surface area contributed by atoms with Crippen LogP contribution >= 0.6 is 0 Å². The van der Waals surface area contributed by atoms with Crippen LogP contribution < -0.4 is 0 Å². The molecule has 0 aliphatic rings. The summed E-state index contributed by atoms with van der Waals surface area (Å²) in [5, 5.41) is 0. The first-order valence-corrected chi connectivity index (χ1v) is 29.8. The molecular weight excluding hydrogens is 853 g/mol. The molecule has 0 fully saturated rings. The first kappa shape index (κ1) is 66.1. The molecular formula is C63H112O6. The maximum Gasteiger partial charge on any atom is 0.306 e. The molecule has 0 saturated carbocycles. The Morgan fingerprint density at radius 1 is 0.290 bits per heavy atom. The number of unbranched alkanes of at least 4 members (excludes halogenated alkanes) is 33. The van der Waals surface area contributed by atoms with Crippen molar-refractivity contribution in [1.29, 1.82) is 0 Å². The molecule has 0 spiro atoms. The lowest BCUT2D eigenvalue weighted by Crippen LogP contribution is -2.30. The van der Waals surface area contributed by atoms with Gasteiger partial charge in [-0.1, -0.05) is 242 Å². The first-order valence-electron chi connectivity index (χ1n) is 29.8. The maximum atomic E-state index is 12.8. The predicted molar refractivity (Wildman–Crippen MR) is 298 cm³/mol. The Kier molecular flexibility index (Phi) is 55.3. The van der Waals surface area contributed by atoms with Crippen molar-refractivity contribution in [2.75, 3.05) is 13.2 Å². The predicted octanol–water partition coefficient (Wildman–Crippen LogP) is 20.0. The van der Waals surface area contributed by atoms with Crippen LogP contribution in [0.4, 0.5) is 0 Å². The van der Waals surface area contributed by atoms with E-state index in [1.807, 2.05) is 0 Å². The van der Waals surface area contributed by atoms with Crippen LogP contribution in [0.2, 0.25) is 0 Å². The van der Waals surface area contributed by atoms with Gasteiger partial charge in [-0.3, -0.25) is 14.4 Å². The van der Waals surface area contributed by atoms with Gasteiger partial charge >= 0.3 is 17.9 Å². The van der Waals surface area contributed by atoms with Gasteiger partial charge in [-0.2, -0.15) is 0 Å². The van der Waals surface area contributed by atoms with E-state index in [0.29, 0.717) is 19.3 Å². The number of rotatable bonds is 54. The summed E-state index contributed by atoms with van der Waals surface area (Å²) in [6.45, 7) is 6.57. The normalized spacial score (nSPS) is 12.4. The van der Waals surface area contributed by atoms with E-state index in [0.717, 1.165) is 89.9 Å². The zero-order valence-corrected chi connectivity index (χ0v) is 45.8. The van der Waals surface area contributed by atoms with Gasteiger partial charge in [0.05, 0.1) is 0 Å². The Morgan fingerprint density at radius 3 is 0.884 bits per heavy atom. The van der Waals surface area contributed by atoms with Crippen LogP contribution in [0.3, 0.4) is 0 Å². The van der Waals surface area contributed by atoms with Gasteiger partial charge in [0, 0.05) is 19.3 Å². The number of carbonyl (C=O) groups excluding carboxylic acids is 3. The minimum absolute atomic E-state index is 0.0816. The van der Waals surface area contributed by atoms with Gasteiger partial charge in [0.1, 0.15) is 13.2 Å². The summed E-state index contributed by atoms with van der Waals surface area (Å²) >= 11 is 0. The molecule has 0 aromatic carbocycles. The topological polar surface area (TPSA) is 78.9 Å². The van der Waals surface area contributed by atoms with Crippen molar-refractivity contribution in [3.63, 3.8) is 0 Å². The summed E-state index contributed by atoms with van der Waals surface area (Å²) in [5.74, 6) is -0.893. The summed E-state index contributed by atoms with van der Waals surface area (Å²) in [7, 11) is 0. The number of hydrogen-bond acceptors (Lipinski definition) is 6. The molecule has 6 nitrogen and oxygen atoms in total. The highest BCUT2D eigenvalue weighted by molar-refractivity contribution is 5.71. The molecule has 0 aromatic heterocycles. The average molecular weight is 966 g/mol. The van der Waals surface area contributed by atoms with E-state index in [4.69, 9.17) is 14.2 Å². The van der Waals surface area contributed by atoms with Crippen LogP contribution in [0.5, 0.6) is 0 Å². The van der Waals surface area contributed by atoms with E-state index in [1.165, 1.54) is 173 Å². The van der Waals surface area contributed by atoms with Gasteiger partial charge in [-0.05, 0) is 103 Å². The molecule has 0 aliphatic heterocycles. The summed E-state index contributed by atoms with van der Waals surface area (Å²) in [6.07, 6.45) is 72.2. The molecule has 0 radical (unpaired) electrons. The van der Waals surface area contributed by atoms with E-state index in [1.54, 1.807) is 0 Å². The molecule has 0 heterocycles. The van der Waals surface area contributed by atoms with Gasteiger partial charge in [0.2, 0.25) is 0 Å². The van der Waals surface area contributed by atoms with Crippen LogP contribution in [0.15, 0.2) is 60.8 Å². The zero-order chi connectivity index (χ0) is 50.0. The molecule has 0 rings (SSSR count). The Bertz CT molecular complexity index is 1250. The lowest BCUT2D eigenvalue weighted by molar-refractivity contribution is -0.167. The summed E-state index contributed by atoms with van der Waals surface area (Å²) in [5.41, 5.74) is 0. The van der Waals surface area contributed by atoms with Crippen molar-refractivity contribution < 1.29 is 28.6 Å². The largest absolute Gasteiger partial charge is 0.462 e. The molecule has 0 N–H and O–H groups in total. The third kappa shape index (κ3) is 55.9. The number of allylic oxidation sites excluding steroid dienone is 10. The van der Waals surface area contributed by atoms with Crippen molar-refractivity contribution >= 4 is 17.9 Å². The van der Waals surface area contributed by atoms with Gasteiger partial charge in [0.25, 0.3) is 0 Å². The molecule has 0 saturated heterocycles. The van der Waals surface area contributed by atoms with Crippen LogP contribution in [-0.2, 0) is 28.6 Å². The lowest BCUT2D eigenvalue weighted by Gasteiger charge is -2.18. The molecule has 1 unspecified atom stereocenters. The van der Waals surface area contributed by atoms with Crippen LogP contribution in [0.25, 0.3) is 0 Å². The third-order valence-electron chi connectivity index (χ3n) is 12.9.